The van der Waals surface area contributed by atoms with Crippen molar-refractivity contribution in [2.24, 2.45) is 7.05 Å². The Balaban J connectivity index is 0.000000299. The Morgan fingerprint density at radius 2 is 1.30 bits per heavy atom. The van der Waals surface area contributed by atoms with Crippen LogP contribution in [0.1, 0.15) is 103 Å². The molecule has 0 radical (unpaired) electrons. The van der Waals surface area contributed by atoms with Crippen molar-refractivity contribution in [1.29, 1.82) is 0 Å². The lowest BCUT2D eigenvalue weighted by Gasteiger charge is -2.30. The van der Waals surface area contributed by atoms with Crippen LogP contribution in [0.4, 0.5) is 19.0 Å². The van der Waals surface area contributed by atoms with E-state index in [1.165, 1.54) is 53.5 Å². The SMILES string of the molecule is CC.CCOC(=O)C(C)n1c(C)c(/C=C/c2csc(NC(=O)c3cccn3Cc3ccnc(F)c3)n2)n1C.Cc1c(/C=C/c2csc(NC(=O)c3cccn3Cc3ccnc(F)c3)n2)ncn1CC(=O)O.[HH].[HH]. The molecule has 0 aliphatic heterocycles. The molecule has 0 saturated carbocycles. The number of anilines is 2. The molecule has 8 rings (SSSR count). The summed E-state index contributed by atoms with van der Waals surface area (Å²) in [6.07, 6.45) is 15.0. The number of ether oxygens (including phenoxy) is 1. The molecule has 1 unspecified atom stereocenters. The van der Waals surface area contributed by atoms with E-state index in [0.717, 1.165) is 17.1 Å². The van der Waals surface area contributed by atoms with Crippen LogP contribution >= 0.6 is 22.7 Å². The lowest BCUT2D eigenvalue weighted by molar-refractivity contribution is -0.147. The monoisotopic (exact) mass is 1010 g/mol. The first kappa shape index (κ1) is 52.3. The average molecular weight is 1010 g/mol. The van der Waals surface area contributed by atoms with Gasteiger partial charge in [-0.15, -0.1) is 22.7 Å². The van der Waals surface area contributed by atoms with E-state index in [1.807, 2.05) is 54.7 Å². The zero-order valence-corrected chi connectivity index (χ0v) is 41.5. The second kappa shape index (κ2) is 24.4. The topological polar surface area (TPSA) is 211 Å². The molecule has 18 nitrogen and oxygen atoms in total. The third-order valence-electron chi connectivity index (χ3n) is 10.5. The molecule has 3 N–H and O–H groups in total. The molecule has 374 valence electrons. The molecule has 0 aliphatic rings. The maximum atomic E-state index is 13.4. The van der Waals surface area contributed by atoms with Crippen molar-refractivity contribution in [3.05, 3.63) is 159 Å². The van der Waals surface area contributed by atoms with Crippen molar-refractivity contribution in [3.63, 3.8) is 0 Å². The first-order chi connectivity index (χ1) is 34.2. The number of carbonyl (C=O) groups is 4. The van der Waals surface area contributed by atoms with Crippen LogP contribution in [0, 0.1) is 25.7 Å². The molecular formula is C49H56F2N12O6S2. The van der Waals surface area contributed by atoms with Crippen molar-refractivity contribution in [3.8, 4) is 0 Å². The molecule has 8 aromatic heterocycles. The average Bonchev–Trinajstić information content (AvgIpc) is 4.21. The molecule has 71 heavy (non-hydrogen) atoms. The van der Waals surface area contributed by atoms with Crippen LogP contribution in [0.25, 0.3) is 24.3 Å². The number of imidazole rings is 1. The maximum absolute atomic E-state index is 13.4. The van der Waals surface area contributed by atoms with Gasteiger partial charge in [0.2, 0.25) is 11.9 Å². The summed E-state index contributed by atoms with van der Waals surface area (Å²) < 4.78 is 40.6. The molecule has 22 heteroatoms. The maximum Gasteiger partial charge on any atom is 0.330 e. The molecule has 8 aromatic rings. The highest BCUT2D eigenvalue weighted by atomic mass is 32.1. The van der Waals surface area contributed by atoms with Gasteiger partial charge in [0, 0.05) is 64.2 Å². The van der Waals surface area contributed by atoms with Gasteiger partial charge >= 0.3 is 11.9 Å². The minimum Gasteiger partial charge on any atom is -0.480 e. The Morgan fingerprint density at radius 1 is 0.775 bits per heavy atom. The van der Waals surface area contributed by atoms with Crippen molar-refractivity contribution in [1.82, 2.24) is 48.0 Å². The second-order valence-corrected chi connectivity index (χ2v) is 17.0. The molecular weight excluding hydrogens is 955 g/mol. The number of nitrogens with zero attached hydrogens (tertiary/aromatic N) is 10. The number of hydrogen-bond donors (Lipinski definition) is 3. The number of carbonyl (C=O) groups excluding carboxylic acids is 3. The normalized spacial score (nSPS) is 11.5. The Morgan fingerprint density at radius 3 is 1.77 bits per heavy atom. The van der Waals surface area contributed by atoms with Crippen LogP contribution < -0.4 is 10.6 Å². The number of thiazole rings is 2. The Hall–Kier alpha value is -8.11. The van der Waals surface area contributed by atoms with E-state index in [0.29, 0.717) is 69.6 Å². The standard InChI is InChI=1S/C25H27FN6O3S.C22H19FN6O3S.C2H6.2H2/c1-5-35-24(34)17(3)32-16(2)20(30(32)4)9-8-19-15-36-25(28-19)29-23(33)21-7-6-12-31(21)14-18-10-11-27-22(26)13-18;1-14-17(25-13-29(14)11-20(30)31)5-4-16-12-33-22(26-16)27-21(32)18-3-2-8-28(18)10-15-6-7-24-19(23)9-15;1-2;;/h6-13,15,17H,5,14H2,1-4H3,(H,28,29,33);2-9,12-13H,10-11H2,1H3,(H,30,31)(H,26,27,32);1-2H3;2*1H/b9-8+;5-4+;;;. The van der Waals surface area contributed by atoms with Crippen LogP contribution in [-0.2, 0) is 41.0 Å². The van der Waals surface area contributed by atoms with Crippen LogP contribution in [0.3, 0.4) is 0 Å². The molecule has 2 amide bonds. The van der Waals surface area contributed by atoms with Crippen LogP contribution in [-0.4, -0.2) is 83.5 Å². The summed E-state index contributed by atoms with van der Waals surface area (Å²) in [5, 5.41) is 19.1. The summed E-state index contributed by atoms with van der Waals surface area (Å²) in [6, 6.07) is 12.5. The third kappa shape index (κ3) is 13.6. The number of hydrogen-bond acceptors (Lipinski definition) is 12. The van der Waals surface area contributed by atoms with E-state index >= 15 is 0 Å². The number of esters is 1. The highest BCUT2D eigenvalue weighted by Crippen LogP contribution is 2.25. The number of pyridine rings is 2. The number of aliphatic carboxylic acids is 1. The van der Waals surface area contributed by atoms with Crippen molar-refractivity contribution < 1.29 is 40.7 Å². The Kier molecular flexibility index (Phi) is 18.0. The molecule has 8 heterocycles. The van der Waals surface area contributed by atoms with Gasteiger partial charge < -0.3 is 23.5 Å². The van der Waals surface area contributed by atoms with Gasteiger partial charge in [0.25, 0.3) is 11.8 Å². The van der Waals surface area contributed by atoms with Gasteiger partial charge in [-0.3, -0.25) is 34.4 Å². The second-order valence-electron chi connectivity index (χ2n) is 15.2. The van der Waals surface area contributed by atoms with E-state index in [1.54, 1.807) is 101 Å². The van der Waals surface area contributed by atoms with Gasteiger partial charge in [-0.25, -0.2) is 29.7 Å². The Bertz CT molecular complexity index is 3170. The van der Waals surface area contributed by atoms with Crippen LogP contribution in [0.2, 0.25) is 0 Å². The summed E-state index contributed by atoms with van der Waals surface area (Å²) in [7, 11) is 1.88. The van der Waals surface area contributed by atoms with Crippen molar-refractivity contribution >= 4 is 81.0 Å². The summed E-state index contributed by atoms with van der Waals surface area (Å²) >= 11 is 2.59. The fraction of sp³-hybridized carbons (Fsp3) is 0.245. The lowest BCUT2D eigenvalue weighted by Crippen LogP contribution is -2.33. The lowest BCUT2D eigenvalue weighted by atomic mass is 10.2. The largest absolute Gasteiger partial charge is 0.480 e. The number of carboxylic acid groups (broad SMARTS) is 1. The molecule has 0 fully saturated rings. The summed E-state index contributed by atoms with van der Waals surface area (Å²) in [5.41, 5.74) is 6.85. The molecule has 0 saturated heterocycles. The van der Waals surface area contributed by atoms with E-state index in [9.17, 15) is 28.0 Å². The number of rotatable bonds is 17. The molecule has 0 bridgehead atoms. The number of carboxylic acids is 1. The zero-order valence-electron chi connectivity index (χ0n) is 39.9. The van der Waals surface area contributed by atoms with Gasteiger partial charge in [0.1, 0.15) is 24.0 Å². The van der Waals surface area contributed by atoms with Crippen molar-refractivity contribution in [2.75, 3.05) is 17.2 Å². The molecule has 1 atom stereocenters. The molecule has 0 aromatic carbocycles. The number of halogens is 2. The summed E-state index contributed by atoms with van der Waals surface area (Å²) in [4.78, 5) is 68.7. The highest BCUT2D eigenvalue weighted by molar-refractivity contribution is 7.14. The minimum absolute atomic E-state index is 0. The van der Waals surface area contributed by atoms with Gasteiger partial charge in [-0.1, -0.05) is 13.8 Å². The van der Waals surface area contributed by atoms with Gasteiger partial charge in [0.15, 0.2) is 10.3 Å². The van der Waals surface area contributed by atoms with E-state index < -0.39 is 23.9 Å². The fourth-order valence-corrected chi connectivity index (χ4v) is 8.55. The van der Waals surface area contributed by atoms with Crippen LogP contribution in [0.15, 0.2) is 90.4 Å². The van der Waals surface area contributed by atoms with E-state index in [4.69, 9.17) is 9.84 Å². The molecule has 0 spiro atoms. The minimum atomic E-state index is -0.940. The summed E-state index contributed by atoms with van der Waals surface area (Å²) in [6.45, 7) is 12.2. The highest BCUT2D eigenvalue weighted by Gasteiger charge is 2.24. The number of nitrogens with one attached hydrogen (secondary N) is 2. The van der Waals surface area contributed by atoms with Crippen molar-refractivity contribution in [2.45, 2.75) is 67.2 Å². The van der Waals surface area contributed by atoms with Gasteiger partial charge in [-0.05, 0) is 112 Å². The first-order valence-electron chi connectivity index (χ1n) is 22.2. The Labute approximate surface area is 418 Å². The van der Waals surface area contributed by atoms with Gasteiger partial charge in [0.05, 0.1) is 41.4 Å². The van der Waals surface area contributed by atoms with Gasteiger partial charge in [-0.2, -0.15) is 8.78 Å². The molecule has 0 aliphatic carbocycles. The van der Waals surface area contributed by atoms with E-state index in [2.05, 4.69) is 35.6 Å². The quantitative estimate of drug-likeness (QED) is 0.0577. The predicted octanol–water partition coefficient (Wildman–Crippen LogP) is 9.58. The smallest absolute Gasteiger partial charge is 0.330 e. The van der Waals surface area contributed by atoms with Crippen LogP contribution in [0.5, 0.6) is 0 Å². The predicted molar refractivity (Wildman–Crippen MR) is 273 cm³/mol. The third-order valence-corrected chi connectivity index (χ3v) is 12.1. The number of aromatic nitrogens is 10. The summed E-state index contributed by atoms with van der Waals surface area (Å²) in [5.74, 6) is -2.98. The van der Waals surface area contributed by atoms with E-state index in [-0.39, 0.29) is 27.2 Å². The fourth-order valence-electron chi connectivity index (χ4n) is 7.20. The zero-order chi connectivity index (χ0) is 51.2. The first-order valence-corrected chi connectivity index (χ1v) is 24.0. The number of amides is 2.